The molecule has 5 nitrogen and oxygen atoms in total. The molecule has 1 aliphatic rings. The molecule has 1 aliphatic heterocycles. The minimum atomic E-state index is -0.218. The Morgan fingerprint density at radius 1 is 1.15 bits per heavy atom. The highest BCUT2D eigenvalue weighted by atomic mass is 35.5. The molecule has 0 unspecified atom stereocenters. The van der Waals surface area contributed by atoms with E-state index in [4.69, 9.17) is 16.3 Å². The molecule has 1 atom stereocenters. The van der Waals surface area contributed by atoms with E-state index in [0.717, 1.165) is 28.1 Å². The summed E-state index contributed by atoms with van der Waals surface area (Å²) in [6.45, 7) is 4.99. The van der Waals surface area contributed by atoms with Crippen LogP contribution in [-0.2, 0) is 17.9 Å². The van der Waals surface area contributed by atoms with Crippen LogP contribution in [0.5, 0.6) is 0 Å². The fraction of sp³-hybridized carbons (Fsp3) is 0.238. The average Bonchev–Trinajstić information content (AvgIpc) is 3.05. The number of carbonyl (C=O) groups is 1. The van der Waals surface area contributed by atoms with Gasteiger partial charge in [0, 0.05) is 10.7 Å². The molecule has 0 fully saturated rings. The lowest BCUT2D eigenvalue weighted by atomic mass is 10.1. The van der Waals surface area contributed by atoms with Crippen molar-refractivity contribution in [2.24, 2.45) is 0 Å². The lowest BCUT2D eigenvalue weighted by molar-refractivity contribution is -0.00118. The van der Waals surface area contributed by atoms with Gasteiger partial charge >= 0.3 is 0 Å². The van der Waals surface area contributed by atoms with Crippen molar-refractivity contribution < 1.29 is 9.53 Å². The molecule has 0 saturated heterocycles. The van der Waals surface area contributed by atoms with Gasteiger partial charge in [-0.3, -0.25) is 9.48 Å². The Morgan fingerprint density at radius 3 is 2.56 bits per heavy atom. The molecule has 0 bridgehead atoms. The normalized spacial score (nSPS) is 16.0. The highest BCUT2D eigenvalue weighted by Gasteiger charge is 2.24. The highest BCUT2D eigenvalue weighted by molar-refractivity contribution is 6.30. The molecule has 138 valence electrons. The number of anilines is 1. The molecule has 1 amide bonds. The Labute approximate surface area is 162 Å². The molecule has 0 spiro atoms. The molecule has 1 aromatic heterocycles. The van der Waals surface area contributed by atoms with Crippen LogP contribution in [0.3, 0.4) is 0 Å². The molecule has 6 heteroatoms. The largest absolute Gasteiger partial charge is 0.365 e. The topological polar surface area (TPSA) is 56.2 Å². The maximum Gasteiger partial charge on any atom is 0.276 e. The number of nitrogens with one attached hydrogen (secondary N) is 1. The number of fused-ring (bicyclic) bond motifs is 1. The Morgan fingerprint density at radius 2 is 1.85 bits per heavy atom. The molecule has 0 radical (unpaired) electrons. The summed E-state index contributed by atoms with van der Waals surface area (Å²) in [6, 6.07) is 15.4. The van der Waals surface area contributed by atoms with Crippen molar-refractivity contribution in [1.29, 1.82) is 0 Å². The second-order valence-corrected chi connectivity index (χ2v) is 7.32. The van der Waals surface area contributed by atoms with Crippen molar-refractivity contribution in [3.05, 3.63) is 81.6 Å². The van der Waals surface area contributed by atoms with E-state index in [9.17, 15) is 4.79 Å². The Hall–Kier alpha value is -2.63. The summed E-state index contributed by atoms with van der Waals surface area (Å²) >= 11 is 5.95. The number of ether oxygens (including phenoxy) is 1. The van der Waals surface area contributed by atoms with Crippen molar-refractivity contribution >= 4 is 23.2 Å². The predicted octanol–water partition coefficient (Wildman–Crippen LogP) is 4.68. The molecule has 2 heterocycles. The number of hydrogen-bond acceptors (Lipinski definition) is 3. The number of hydrogen-bond donors (Lipinski definition) is 1. The third kappa shape index (κ3) is 3.89. The van der Waals surface area contributed by atoms with Gasteiger partial charge in [0.1, 0.15) is 6.10 Å². The van der Waals surface area contributed by atoms with Gasteiger partial charge in [0.25, 0.3) is 5.91 Å². The fourth-order valence-corrected chi connectivity index (χ4v) is 3.48. The Kier molecular flexibility index (Phi) is 4.72. The maximum absolute atomic E-state index is 12.6. The SMILES string of the molecule is Cc1cc(C)cc(NC(=O)c2cc3n(n2)C[C@@H](c2ccc(Cl)cc2)OC3)c1. The Balaban J connectivity index is 1.50. The van der Waals surface area contributed by atoms with Crippen LogP contribution in [0.4, 0.5) is 5.69 Å². The molecule has 0 saturated carbocycles. The molecule has 4 rings (SSSR count). The summed E-state index contributed by atoms with van der Waals surface area (Å²) in [5, 5.41) is 8.11. The van der Waals surface area contributed by atoms with Gasteiger partial charge in [-0.2, -0.15) is 5.10 Å². The van der Waals surface area contributed by atoms with Crippen molar-refractivity contribution in [3.63, 3.8) is 0 Å². The van der Waals surface area contributed by atoms with E-state index < -0.39 is 0 Å². The van der Waals surface area contributed by atoms with Gasteiger partial charge < -0.3 is 10.1 Å². The first kappa shape index (κ1) is 17.8. The summed E-state index contributed by atoms with van der Waals surface area (Å²) in [6.07, 6.45) is -0.106. The second kappa shape index (κ2) is 7.18. The monoisotopic (exact) mass is 381 g/mol. The van der Waals surface area contributed by atoms with Crippen molar-refractivity contribution in [1.82, 2.24) is 9.78 Å². The number of rotatable bonds is 3. The molecule has 2 aromatic carbocycles. The number of nitrogens with zero attached hydrogens (tertiary/aromatic N) is 2. The molecule has 1 N–H and O–H groups in total. The van der Waals surface area contributed by atoms with Crippen LogP contribution in [0.2, 0.25) is 5.02 Å². The Bertz CT molecular complexity index is 975. The number of amides is 1. The van der Waals surface area contributed by atoms with E-state index in [1.54, 1.807) is 6.07 Å². The third-order valence-corrected chi connectivity index (χ3v) is 4.84. The first-order valence-electron chi connectivity index (χ1n) is 8.81. The maximum atomic E-state index is 12.6. The highest BCUT2D eigenvalue weighted by Crippen LogP contribution is 2.27. The number of benzene rings is 2. The van der Waals surface area contributed by atoms with Gasteiger partial charge in [0.15, 0.2) is 5.69 Å². The van der Waals surface area contributed by atoms with E-state index in [1.807, 2.05) is 54.9 Å². The number of aromatic nitrogens is 2. The summed E-state index contributed by atoms with van der Waals surface area (Å²) in [7, 11) is 0. The van der Waals surface area contributed by atoms with Crippen LogP contribution in [0.15, 0.2) is 48.5 Å². The van der Waals surface area contributed by atoms with Crippen LogP contribution >= 0.6 is 11.6 Å². The molecule has 27 heavy (non-hydrogen) atoms. The zero-order valence-electron chi connectivity index (χ0n) is 15.2. The zero-order valence-corrected chi connectivity index (χ0v) is 16.0. The van der Waals surface area contributed by atoms with Crippen LogP contribution in [-0.4, -0.2) is 15.7 Å². The lowest BCUT2D eigenvalue weighted by Gasteiger charge is -2.24. The molecular formula is C21H20ClN3O2. The van der Waals surface area contributed by atoms with E-state index in [1.165, 1.54) is 0 Å². The van der Waals surface area contributed by atoms with E-state index in [-0.39, 0.29) is 12.0 Å². The molecule has 3 aromatic rings. The van der Waals surface area contributed by atoms with Crippen molar-refractivity contribution in [2.75, 3.05) is 5.32 Å². The zero-order chi connectivity index (χ0) is 19.0. The van der Waals surface area contributed by atoms with Gasteiger partial charge in [-0.15, -0.1) is 0 Å². The van der Waals surface area contributed by atoms with E-state index in [2.05, 4.69) is 16.5 Å². The predicted molar refractivity (Wildman–Crippen MR) is 105 cm³/mol. The summed E-state index contributed by atoms with van der Waals surface area (Å²) in [5.41, 5.74) is 5.32. The molecular weight excluding hydrogens is 362 g/mol. The minimum absolute atomic E-state index is 0.106. The van der Waals surface area contributed by atoms with Crippen LogP contribution in [0, 0.1) is 13.8 Å². The van der Waals surface area contributed by atoms with E-state index in [0.29, 0.717) is 23.9 Å². The number of carbonyl (C=O) groups excluding carboxylic acids is 1. The van der Waals surface area contributed by atoms with Gasteiger partial charge in [0.05, 0.1) is 18.8 Å². The summed E-state index contributed by atoms with van der Waals surface area (Å²) < 4.78 is 7.78. The summed E-state index contributed by atoms with van der Waals surface area (Å²) in [5.74, 6) is -0.218. The first-order chi connectivity index (χ1) is 13.0. The van der Waals surface area contributed by atoms with Crippen LogP contribution < -0.4 is 5.32 Å². The van der Waals surface area contributed by atoms with Crippen molar-refractivity contribution in [3.8, 4) is 0 Å². The fourth-order valence-electron chi connectivity index (χ4n) is 3.36. The third-order valence-electron chi connectivity index (χ3n) is 4.59. The number of halogens is 1. The second-order valence-electron chi connectivity index (χ2n) is 6.88. The van der Waals surface area contributed by atoms with Gasteiger partial charge in [-0.1, -0.05) is 29.8 Å². The molecule has 0 aliphatic carbocycles. The minimum Gasteiger partial charge on any atom is -0.365 e. The smallest absolute Gasteiger partial charge is 0.276 e. The lowest BCUT2D eigenvalue weighted by Crippen LogP contribution is -2.22. The first-order valence-corrected chi connectivity index (χ1v) is 9.19. The van der Waals surface area contributed by atoms with Gasteiger partial charge in [-0.05, 0) is 60.9 Å². The van der Waals surface area contributed by atoms with Crippen molar-refractivity contribution in [2.45, 2.75) is 33.1 Å². The summed E-state index contributed by atoms with van der Waals surface area (Å²) in [4.78, 5) is 12.6. The van der Waals surface area contributed by atoms with Gasteiger partial charge in [-0.25, -0.2) is 0 Å². The van der Waals surface area contributed by atoms with Crippen LogP contribution in [0.1, 0.15) is 39.0 Å². The van der Waals surface area contributed by atoms with Gasteiger partial charge in [0.2, 0.25) is 0 Å². The van der Waals surface area contributed by atoms with Crippen LogP contribution in [0.25, 0.3) is 0 Å². The average molecular weight is 382 g/mol. The van der Waals surface area contributed by atoms with E-state index >= 15 is 0 Å². The standard InChI is InChI=1S/C21H20ClN3O2/c1-13-7-14(2)9-17(8-13)23-21(26)19-10-18-12-27-20(11-25(18)24-19)15-3-5-16(22)6-4-15/h3-10,20H,11-12H2,1-2H3,(H,23,26)/t20-/m0/s1. The quantitative estimate of drug-likeness (QED) is 0.716. The number of aryl methyl sites for hydroxylation is 2.